The number of aromatic nitrogens is 3. The van der Waals surface area contributed by atoms with Crippen molar-refractivity contribution < 1.29 is 4.39 Å². The molecule has 2 aromatic heterocycles. The summed E-state index contributed by atoms with van der Waals surface area (Å²) >= 11 is 1.60. The molecule has 13 heavy (non-hydrogen) atoms. The minimum Gasteiger partial charge on any atom is -0.249 e. The van der Waals surface area contributed by atoms with Gasteiger partial charge in [-0.05, 0) is 11.4 Å². The van der Waals surface area contributed by atoms with Crippen LogP contribution < -0.4 is 0 Å². The molecule has 0 saturated carbocycles. The van der Waals surface area contributed by atoms with E-state index in [0.717, 1.165) is 10.6 Å². The summed E-state index contributed by atoms with van der Waals surface area (Å²) in [6.45, 7) is -0.133. The highest BCUT2D eigenvalue weighted by molar-refractivity contribution is 7.13. The van der Waals surface area contributed by atoms with E-state index in [2.05, 4.69) is 10.3 Å². The average molecular weight is 196 g/mol. The molecule has 2 aromatic rings. The minimum absolute atomic E-state index is 0.276. The van der Waals surface area contributed by atoms with Gasteiger partial charge in [-0.2, -0.15) is 0 Å². The SMILES string of the molecule is [18F]CCn1cc(-c2cccs2)nn1. The van der Waals surface area contributed by atoms with Gasteiger partial charge in [0.15, 0.2) is 0 Å². The van der Waals surface area contributed by atoms with E-state index in [1.54, 1.807) is 17.5 Å². The predicted octanol–water partition coefficient (Wildman–Crippen LogP) is 1.98. The quantitative estimate of drug-likeness (QED) is 0.751. The second kappa shape index (κ2) is 3.66. The number of hydrogen-bond acceptors (Lipinski definition) is 3. The van der Waals surface area contributed by atoms with E-state index in [1.165, 1.54) is 4.68 Å². The van der Waals surface area contributed by atoms with Gasteiger partial charge in [-0.25, -0.2) is 9.07 Å². The lowest BCUT2D eigenvalue weighted by Crippen LogP contribution is -1.99. The van der Waals surface area contributed by atoms with Crippen molar-refractivity contribution in [1.29, 1.82) is 0 Å². The second-order valence-corrected chi connectivity index (χ2v) is 3.48. The summed E-state index contributed by atoms with van der Waals surface area (Å²) in [5.74, 6) is 0. The molecule has 0 fully saturated rings. The number of alkyl halides is 1. The summed E-state index contributed by atoms with van der Waals surface area (Å²) in [5.41, 5.74) is 0.809. The molecule has 0 aliphatic rings. The molecule has 0 amide bonds. The van der Waals surface area contributed by atoms with Crippen LogP contribution in [0.5, 0.6) is 0 Å². The van der Waals surface area contributed by atoms with E-state index >= 15 is 0 Å². The first-order valence-corrected chi connectivity index (χ1v) is 4.78. The third-order valence-corrected chi connectivity index (χ3v) is 2.52. The normalized spacial score (nSPS) is 10.5. The number of halogens is 1. The molecule has 0 bridgehead atoms. The summed E-state index contributed by atoms with van der Waals surface area (Å²) in [6.07, 6.45) is 1.76. The average Bonchev–Trinajstić information content (AvgIpc) is 2.70. The molecular formula is C8H8FN3S. The Morgan fingerprint density at radius 3 is 3.15 bits per heavy atom. The second-order valence-electron chi connectivity index (χ2n) is 2.53. The van der Waals surface area contributed by atoms with Crippen molar-refractivity contribution in [1.82, 2.24) is 15.0 Å². The Morgan fingerprint density at radius 2 is 2.46 bits per heavy atom. The van der Waals surface area contributed by atoms with Crippen molar-refractivity contribution in [3.05, 3.63) is 23.7 Å². The Balaban J connectivity index is 2.23. The Hall–Kier alpha value is -1.23. The maximum Gasteiger partial charge on any atom is 0.122 e. The highest BCUT2D eigenvalue weighted by Gasteiger charge is 2.03. The largest absolute Gasteiger partial charge is 0.249 e. The third kappa shape index (κ3) is 1.75. The number of nitrogens with zero attached hydrogens (tertiary/aromatic N) is 3. The van der Waals surface area contributed by atoms with Gasteiger partial charge in [-0.3, -0.25) is 0 Å². The summed E-state index contributed by atoms with van der Waals surface area (Å²) in [5, 5.41) is 9.70. The Kier molecular flexibility index (Phi) is 2.35. The molecule has 0 saturated heterocycles. The van der Waals surface area contributed by atoms with Crippen molar-refractivity contribution in [2.24, 2.45) is 0 Å². The van der Waals surface area contributed by atoms with Gasteiger partial charge in [-0.1, -0.05) is 11.3 Å². The zero-order valence-electron chi connectivity index (χ0n) is 6.85. The number of hydrogen-bond donors (Lipinski definition) is 0. The van der Waals surface area contributed by atoms with Crippen LogP contribution in [0.2, 0.25) is 0 Å². The molecule has 0 atom stereocenters. The van der Waals surface area contributed by atoms with Crippen LogP contribution in [0, 0.1) is 0 Å². The maximum atomic E-state index is 11.9. The molecule has 3 nitrogen and oxygen atoms in total. The van der Waals surface area contributed by atoms with Crippen LogP contribution in [0.15, 0.2) is 23.7 Å². The van der Waals surface area contributed by atoms with Crippen LogP contribution in [0.4, 0.5) is 4.39 Å². The van der Waals surface area contributed by atoms with E-state index in [-0.39, 0.29) is 6.54 Å². The Bertz CT molecular complexity index is 368. The molecular weight excluding hydrogens is 188 g/mol. The molecule has 2 heterocycles. The van der Waals surface area contributed by atoms with E-state index in [1.807, 2.05) is 17.5 Å². The van der Waals surface area contributed by atoms with E-state index < -0.39 is 6.67 Å². The zero-order chi connectivity index (χ0) is 9.10. The fraction of sp³-hybridized carbons (Fsp3) is 0.250. The Morgan fingerprint density at radius 1 is 1.54 bits per heavy atom. The van der Waals surface area contributed by atoms with Crippen LogP contribution in [0.3, 0.4) is 0 Å². The van der Waals surface area contributed by atoms with Gasteiger partial charge in [0.1, 0.15) is 12.4 Å². The van der Waals surface area contributed by atoms with Crippen LogP contribution in [-0.4, -0.2) is 21.7 Å². The van der Waals surface area contributed by atoms with Crippen LogP contribution >= 0.6 is 11.3 Å². The van der Waals surface area contributed by atoms with E-state index in [0.29, 0.717) is 0 Å². The monoisotopic (exact) mass is 196 g/mol. The smallest absolute Gasteiger partial charge is 0.122 e. The number of aryl methyl sites for hydroxylation is 1. The first-order valence-electron chi connectivity index (χ1n) is 3.90. The summed E-state index contributed by atoms with van der Waals surface area (Å²) in [7, 11) is 0. The predicted molar refractivity (Wildman–Crippen MR) is 49.3 cm³/mol. The van der Waals surface area contributed by atoms with Crippen LogP contribution in [-0.2, 0) is 6.54 Å². The van der Waals surface area contributed by atoms with E-state index in [9.17, 15) is 4.39 Å². The van der Waals surface area contributed by atoms with Crippen molar-refractivity contribution in [2.45, 2.75) is 6.54 Å². The van der Waals surface area contributed by atoms with Gasteiger partial charge in [0, 0.05) is 0 Å². The van der Waals surface area contributed by atoms with Gasteiger partial charge < -0.3 is 0 Å². The highest BCUT2D eigenvalue weighted by atomic mass is 32.1. The first-order chi connectivity index (χ1) is 6.40. The van der Waals surface area contributed by atoms with Crippen molar-refractivity contribution in [3.8, 4) is 10.6 Å². The molecule has 0 aromatic carbocycles. The fourth-order valence-electron chi connectivity index (χ4n) is 1.03. The van der Waals surface area contributed by atoms with Gasteiger partial charge in [0.25, 0.3) is 0 Å². The molecule has 68 valence electrons. The lowest BCUT2D eigenvalue weighted by atomic mass is 10.4. The number of thiophene rings is 1. The Labute approximate surface area is 78.8 Å². The first kappa shape index (κ1) is 8.37. The summed E-state index contributed by atoms with van der Waals surface area (Å²) in [6, 6.07) is 3.92. The van der Waals surface area contributed by atoms with Crippen LogP contribution in [0.1, 0.15) is 0 Å². The minimum atomic E-state index is -0.409. The zero-order valence-corrected chi connectivity index (χ0v) is 7.67. The molecule has 0 N–H and O–H groups in total. The molecule has 0 radical (unpaired) electrons. The molecule has 0 unspecified atom stereocenters. The fourth-order valence-corrected chi connectivity index (χ4v) is 1.71. The number of rotatable bonds is 3. The topological polar surface area (TPSA) is 30.7 Å². The lowest BCUT2D eigenvalue weighted by Gasteiger charge is -1.90. The third-order valence-electron chi connectivity index (χ3n) is 1.63. The summed E-state index contributed by atoms with van der Waals surface area (Å²) in [4.78, 5) is 1.06. The highest BCUT2D eigenvalue weighted by Crippen LogP contribution is 2.21. The van der Waals surface area contributed by atoms with Gasteiger partial charge in [-0.15, -0.1) is 16.4 Å². The maximum absolute atomic E-state index is 11.9. The van der Waals surface area contributed by atoms with E-state index in [4.69, 9.17) is 0 Å². The molecule has 0 aliphatic carbocycles. The molecule has 0 spiro atoms. The summed E-state index contributed by atoms with van der Waals surface area (Å²) < 4.78 is 13.5. The molecule has 0 aliphatic heterocycles. The van der Waals surface area contributed by atoms with Crippen LogP contribution in [0.25, 0.3) is 10.6 Å². The molecule has 2 rings (SSSR count). The lowest BCUT2D eigenvalue weighted by molar-refractivity contribution is 0.422. The van der Waals surface area contributed by atoms with Gasteiger partial charge in [0.05, 0.1) is 17.6 Å². The van der Waals surface area contributed by atoms with Gasteiger partial charge >= 0.3 is 0 Å². The van der Waals surface area contributed by atoms with Crippen molar-refractivity contribution in [3.63, 3.8) is 0 Å². The standard InChI is InChI=1S/C8H8FN3S/c9-3-4-12-6-7(10-11-12)8-2-1-5-13-8/h1-2,5-6H,3-4H2/i9-1. The van der Waals surface area contributed by atoms with Crippen molar-refractivity contribution >= 4 is 11.3 Å². The van der Waals surface area contributed by atoms with Gasteiger partial charge in [0.2, 0.25) is 0 Å². The van der Waals surface area contributed by atoms with Crippen molar-refractivity contribution in [2.75, 3.05) is 6.67 Å². The molecule has 5 heteroatoms.